The smallest absolute Gasteiger partial charge is 0.256 e. The monoisotopic (exact) mass is 553 g/mol. The minimum Gasteiger partial charge on any atom is -0.408 e. The fraction of sp³-hybridized carbons (Fsp3) is 0.571. The van der Waals surface area contributed by atoms with E-state index in [0.29, 0.717) is 34.9 Å². The molecular weight excluding hydrogens is 514 g/mol. The van der Waals surface area contributed by atoms with Gasteiger partial charge in [0.15, 0.2) is 31.5 Å². The number of amides is 1. The average Bonchev–Trinajstić information content (AvgIpc) is 3.48. The Morgan fingerprint density at radius 3 is 2.54 bits per heavy atom. The second kappa shape index (κ2) is 10.7. The maximum Gasteiger partial charge on any atom is 0.256 e. The van der Waals surface area contributed by atoms with Crippen LogP contribution < -0.4 is 5.32 Å². The number of ether oxygens (including phenoxy) is 2. The molecule has 1 amide bonds. The fourth-order valence-electron chi connectivity index (χ4n) is 4.83. The van der Waals surface area contributed by atoms with Gasteiger partial charge in [-0.3, -0.25) is 9.36 Å². The summed E-state index contributed by atoms with van der Waals surface area (Å²) in [5.41, 5.74) is 1.44. The molecule has 210 valence electrons. The van der Waals surface area contributed by atoms with E-state index in [4.69, 9.17) is 13.9 Å². The second-order valence-corrected chi connectivity index (χ2v) is 16.9. The number of rotatable bonds is 9. The van der Waals surface area contributed by atoms with Crippen molar-refractivity contribution in [3.05, 3.63) is 48.5 Å². The number of aromatic nitrogens is 4. The predicted molar refractivity (Wildman–Crippen MR) is 150 cm³/mol. The third kappa shape index (κ3) is 5.64. The molecule has 1 saturated heterocycles. The van der Waals surface area contributed by atoms with Crippen LogP contribution in [0.25, 0.3) is 11.2 Å². The molecule has 0 radical (unpaired) electrons. The lowest BCUT2D eigenvalue weighted by atomic mass is 10.0. The molecule has 1 saturated carbocycles. The number of nitrogens with zero attached hydrogens (tertiary/aromatic N) is 4. The molecular formula is C28H39N5O5Si. The van der Waals surface area contributed by atoms with E-state index in [1.165, 1.54) is 6.33 Å². The Kier molecular flexibility index (Phi) is 7.64. The normalized spacial score (nSPS) is 24.7. The Morgan fingerprint density at radius 2 is 1.90 bits per heavy atom. The zero-order valence-electron chi connectivity index (χ0n) is 23.5. The van der Waals surface area contributed by atoms with Crippen molar-refractivity contribution in [2.45, 2.75) is 88.8 Å². The van der Waals surface area contributed by atoms with Crippen molar-refractivity contribution in [1.29, 1.82) is 0 Å². The Bertz CT molecular complexity index is 1310. The third-order valence-corrected chi connectivity index (χ3v) is 12.8. The average molecular weight is 554 g/mol. The lowest BCUT2D eigenvalue weighted by Gasteiger charge is -2.41. The molecule has 0 spiro atoms. The zero-order valence-corrected chi connectivity index (χ0v) is 24.5. The standard InChI is InChI=1S/C28H39N5O5Si/c1-28(2,3)39(5,6)38-22-21(19(34)14-17-12-13-17)37-27(23(22)36-4)33-16-31-20-24(29-15-30-25(20)33)32-26(35)18-10-8-7-9-11-18/h7-11,15-17,19,21-23,27,34H,12-14H2,1-6H3,(H,29,30,32,35)/t19-,21-,22-,23-,27-/m1/s1. The van der Waals surface area contributed by atoms with Gasteiger partial charge in [0.1, 0.15) is 24.6 Å². The van der Waals surface area contributed by atoms with E-state index in [1.807, 2.05) is 6.07 Å². The van der Waals surface area contributed by atoms with E-state index >= 15 is 0 Å². The maximum absolute atomic E-state index is 12.8. The molecule has 3 aromatic rings. The van der Waals surface area contributed by atoms with Gasteiger partial charge in [-0.25, -0.2) is 15.0 Å². The van der Waals surface area contributed by atoms with Crippen molar-refractivity contribution in [2.24, 2.45) is 5.92 Å². The summed E-state index contributed by atoms with van der Waals surface area (Å²) in [6.45, 7) is 11.0. The summed E-state index contributed by atoms with van der Waals surface area (Å²) in [5.74, 6) is 0.539. The Labute approximate surface area is 230 Å². The van der Waals surface area contributed by atoms with Gasteiger partial charge in [-0.05, 0) is 42.6 Å². The van der Waals surface area contributed by atoms with Crippen LogP contribution in [0.5, 0.6) is 0 Å². The van der Waals surface area contributed by atoms with Gasteiger partial charge < -0.3 is 24.3 Å². The molecule has 1 aliphatic carbocycles. The highest BCUT2D eigenvalue weighted by atomic mass is 28.4. The van der Waals surface area contributed by atoms with Crippen LogP contribution in [0, 0.1) is 5.92 Å². The van der Waals surface area contributed by atoms with Gasteiger partial charge in [0, 0.05) is 12.7 Å². The molecule has 2 N–H and O–H groups in total. The van der Waals surface area contributed by atoms with Crippen LogP contribution in [0.2, 0.25) is 18.1 Å². The molecule has 1 aromatic carbocycles. The molecule has 10 nitrogen and oxygen atoms in total. The van der Waals surface area contributed by atoms with Crippen LogP contribution in [0.3, 0.4) is 0 Å². The number of carbonyl (C=O) groups is 1. The van der Waals surface area contributed by atoms with Crippen LogP contribution in [-0.2, 0) is 13.9 Å². The van der Waals surface area contributed by atoms with E-state index in [1.54, 1.807) is 42.3 Å². The molecule has 5 rings (SSSR count). The number of nitrogens with one attached hydrogen (secondary N) is 1. The van der Waals surface area contributed by atoms with Crippen LogP contribution >= 0.6 is 0 Å². The molecule has 0 unspecified atom stereocenters. The first-order valence-electron chi connectivity index (χ1n) is 13.6. The maximum atomic E-state index is 12.8. The SMILES string of the molecule is CO[C@@H]1[C@H](O[Si](C)(C)C(C)(C)C)[C@@H]([C@H](O)CC2CC2)O[C@H]1n1cnc2c(NC(=O)c3ccccc3)ncnc21. The highest BCUT2D eigenvalue weighted by Crippen LogP contribution is 2.45. The highest BCUT2D eigenvalue weighted by molar-refractivity contribution is 6.74. The number of aliphatic hydroxyl groups excluding tert-OH is 1. The van der Waals surface area contributed by atoms with Crippen LogP contribution in [0.1, 0.15) is 56.6 Å². The first-order valence-corrected chi connectivity index (χ1v) is 16.5. The summed E-state index contributed by atoms with van der Waals surface area (Å²) in [5, 5.41) is 14.1. The van der Waals surface area contributed by atoms with E-state index in [9.17, 15) is 9.90 Å². The van der Waals surface area contributed by atoms with Crippen LogP contribution in [0.4, 0.5) is 5.82 Å². The van der Waals surface area contributed by atoms with Crippen molar-refractivity contribution in [3.8, 4) is 0 Å². The topological polar surface area (TPSA) is 121 Å². The fourth-order valence-corrected chi connectivity index (χ4v) is 6.13. The minimum atomic E-state index is -2.24. The minimum absolute atomic E-state index is 0.0316. The highest BCUT2D eigenvalue weighted by Gasteiger charge is 2.53. The van der Waals surface area contributed by atoms with E-state index in [0.717, 1.165) is 12.8 Å². The first kappa shape index (κ1) is 27.8. The van der Waals surface area contributed by atoms with Crippen molar-refractivity contribution in [3.63, 3.8) is 0 Å². The zero-order chi connectivity index (χ0) is 27.9. The number of anilines is 1. The van der Waals surface area contributed by atoms with E-state index in [-0.39, 0.29) is 10.9 Å². The summed E-state index contributed by atoms with van der Waals surface area (Å²) in [7, 11) is -0.600. The van der Waals surface area contributed by atoms with Gasteiger partial charge in [-0.15, -0.1) is 0 Å². The van der Waals surface area contributed by atoms with Gasteiger partial charge in [-0.1, -0.05) is 51.8 Å². The largest absolute Gasteiger partial charge is 0.408 e. The molecule has 39 heavy (non-hydrogen) atoms. The molecule has 2 aliphatic rings. The molecule has 0 bridgehead atoms. The molecule has 5 atom stereocenters. The van der Waals surface area contributed by atoms with E-state index < -0.39 is 39.0 Å². The van der Waals surface area contributed by atoms with E-state index in [2.05, 4.69) is 54.1 Å². The number of imidazole rings is 1. The molecule has 2 aromatic heterocycles. The summed E-state index contributed by atoms with van der Waals surface area (Å²) in [4.78, 5) is 26.1. The van der Waals surface area contributed by atoms with Gasteiger partial charge in [0.25, 0.3) is 5.91 Å². The number of hydrogen-bond donors (Lipinski definition) is 2. The number of benzene rings is 1. The lowest BCUT2D eigenvalue weighted by Crippen LogP contribution is -2.51. The number of carbonyl (C=O) groups excluding carboxylic acids is 1. The Balaban J connectivity index is 1.47. The van der Waals surface area contributed by atoms with Crippen molar-refractivity contribution < 1.29 is 23.8 Å². The quantitative estimate of drug-likeness (QED) is 0.371. The Morgan fingerprint density at radius 1 is 1.18 bits per heavy atom. The summed E-state index contributed by atoms with van der Waals surface area (Å²) in [6, 6.07) is 8.93. The second-order valence-electron chi connectivity index (χ2n) is 12.1. The van der Waals surface area contributed by atoms with Gasteiger partial charge in [-0.2, -0.15) is 0 Å². The van der Waals surface area contributed by atoms with Crippen LogP contribution in [-0.4, -0.2) is 70.4 Å². The third-order valence-electron chi connectivity index (χ3n) is 8.29. The number of methoxy groups -OCH3 is 1. The van der Waals surface area contributed by atoms with Gasteiger partial charge in [0.2, 0.25) is 0 Å². The lowest BCUT2D eigenvalue weighted by molar-refractivity contribution is -0.0869. The molecule has 3 heterocycles. The van der Waals surface area contributed by atoms with Gasteiger partial charge in [0.05, 0.1) is 12.4 Å². The summed E-state index contributed by atoms with van der Waals surface area (Å²) in [6.07, 6.45) is 3.10. The van der Waals surface area contributed by atoms with Crippen molar-refractivity contribution >= 4 is 31.2 Å². The first-order chi connectivity index (χ1) is 18.5. The number of hydrogen-bond acceptors (Lipinski definition) is 8. The van der Waals surface area contributed by atoms with Crippen molar-refractivity contribution in [1.82, 2.24) is 19.5 Å². The number of fused-ring (bicyclic) bond motifs is 1. The Hall–Kier alpha value is -2.70. The predicted octanol–water partition coefficient (Wildman–Crippen LogP) is 4.54. The molecule has 1 aliphatic heterocycles. The summed E-state index contributed by atoms with van der Waals surface area (Å²) < 4.78 is 21.2. The summed E-state index contributed by atoms with van der Waals surface area (Å²) >= 11 is 0. The van der Waals surface area contributed by atoms with Gasteiger partial charge >= 0.3 is 0 Å². The van der Waals surface area contributed by atoms with Crippen LogP contribution in [0.15, 0.2) is 43.0 Å². The van der Waals surface area contributed by atoms with Crippen molar-refractivity contribution in [2.75, 3.05) is 12.4 Å². The number of aliphatic hydroxyl groups is 1. The molecule has 2 fully saturated rings. The molecule has 11 heteroatoms.